The maximum absolute atomic E-state index is 11.8. The highest BCUT2D eigenvalue weighted by Gasteiger charge is 2.23. The normalized spacial score (nSPS) is 10.8. The van der Waals surface area contributed by atoms with Crippen molar-refractivity contribution >= 4 is 33.6 Å². The van der Waals surface area contributed by atoms with E-state index < -0.39 is 17.5 Å². The topological polar surface area (TPSA) is 87.7 Å². The number of methoxy groups -OCH3 is 1. The van der Waals surface area contributed by atoms with Gasteiger partial charge in [-0.3, -0.25) is 4.79 Å². The standard InChI is InChI=1S/C13H17BrN2O4/c1-13(2,7-11(17)18)16-12(19)15-9-4-8(14)5-10(6-9)20-3/h4-6H,7H2,1-3H3,(H,17,18)(H2,15,16,19). The summed E-state index contributed by atoms with van der Waals surface area (Å²) >= 11 is 3.31. The van der Waals surface area contributed by atoms with Crippen molar-refractivity contribution in [1.29, 1.82) is 0 Å². The summed E-state index contributed by atoms with van der Waals surface area (Å²) in [7, 11) is 1.53. The number of amides is 2. The van der Waals surface area contributed by atoms with Crippen LogP contribution in [0.15, 0.2) is 22.7 Å². The van der Waals surface area contributed by atoms with E-state index in [-0.39, 0.29) is 6.42 Å². The molecule has 110 valence electrons. The van der Waals surface area contributed by atoms with Crippen LogP contribution in [0, 0.1) is 0 Å². The van der Waals surface area contributed by atoms with E-state index in [0.29, 0.717) is 11.4 Å². The first kappa shape index (κ1) is 16.3. The number of aliphatic carboxylic acids is 1. The van der Waals surface area contributed by atoms with Gasteiger partial charge in [0.25, 0.3) is 0 Å². The average Bonchev–Trinajstić information content (AvgIpc) is 2.24. The molecule has 0 atom stereocenters. The van der Waals surface area contributed by atoms with Gasteiger partial charge in [0.1, 0.15) is 5.75 Å². The second-order valence-electron chi connectivity index (χ2n) is 4.91. The van der Waals surface area contributed by atoms with Gasteiger partial charge in [0.15, 0.2) is 0 Å². The summed E-state index contributed by atoms with van der Waals surface area (Å²) in [4.78, 5) is 22.5. The van der Waals surface area contributed by atoms with Crippen LogP contribution in [0.1, 0.15) is 20.3 Å². The van der Waals surface area contributed by atoms with Crippen LogP contribution in [0.5, 0.6) is 5.75 Å². The van der Waals surface area contributed by atoms with E-state index in [4.69, 9.17) is 9.84 Å². The molecular weight excluding hydrogens is 328 g/mol. The number of hydrogen-bond donors (Lipinski definition) is 3. The van der Waals surface area contributed by atoms with E-state index in [1.54, 1.807) is 32.0 Å². The van der Waals surface area contributed by atoms with Gasteiger partial charge in [0, 0.05) is 21.8 Å². The van der Waals surface area contributed by atoms with Crippen LogP contribution in [0.2, 0.25) is 0 Å². The molecule has 1 aromatic carbocycles. The second-order valence-corrected chi connectivity index (χ2v) is 5.83. The zero-order valence-corrected chi connectivity index (χ0v) is 13.1. The van der Waals surface area contributed by atoms with Crippen molar-refractivity contribution in [3.05, 3.63) is 22.7 Å². The number of carboxylic acid groups (broad SMARTS) is 1. The summed E-state index contributed by atoms with van der Waals surface area (Å²) in [6.07, 6.45) is -0.164. The molecule has 0 aliphatic carbocycles. The molecule has 0 aliphatic rings. The van der Waals surface area contributed by atoms with Crippen LogP contribution < -0.4 is 15.4 Å². The molecule has 0 heterocycles. The predicted molar refractivity (Wildman–Crippen MR) is 79.2 cm³/mol. The lowest BCUT2D eigenvalue weighted by Crippen LogP contribution is -2.46. The van der Waals surface area contributed by atoms with Crippen molar-refractivity contribution in [2.75, 3.05) is 12.4 Å². The maximum atomic E-state index is 11.8. The monoisotopic (exact) mass is 344 g/mol. The molecule has 0 spiro atoms. The van der Waals surface area contributed by atoms with Crippen molar-refractivity contribution in [3.8, 4) is 5.75 Å². The molecule has 0 fully saturated rings. The number of anilines is 1. The van der Waals surface area contributed by atoms with Crippen molar-refractivity contribution in [2.24, 2.45) is 0 Å². The Morgan fingerprint density at radius 2 is 2.00 bits per heavy atom. The van der Waals surface area contributed by atoms with Crippen molar-refractivity contribution in [2.45, 2.75) is 25.8 Å². The van der Waals surface area contributed by atoms with Crippen LogP contribution in [0.25, 0.3) is 0 Å². The molecule has 20 heavy (non-hydrogen) atoms. The number of carboxylic acids is 1. The first-order valence-electron chi connectivity index (χ1n) is 5.87. The molecule has 0 bridgehead atoms. The summed E-state index contributed by atoms with van der Waals surface area (Å²) < 4.78 is 5.85. The molecule has 3 N–H and O–H groups in total. The largest absolute Gasteiger partial charge is 0.497 e. The summed E-state index contributed by atoms with van der Waals surface area (Å²) in [6.45, 7) is 3.28. The number of ether oxygens (including phenoxy) is 1. The van der Waals surface area contributed by atoms with Gasteiger partial charge in [-0.2, -0.15) is 0 Å². The molecule has 0 saturated heterocycles. The van der Waals surface area contributed by atoms with E-state index in [1.807, 2.05) is 0 Å². The Bertz CT molecular complexity index is 517. The number of halogens is 1. The van der Waals surface area contributed by atoms with Gasteiger partial charge in [-0.15, -0.1) is 0 Å². The van der Waals surface area contributed by atoms with Gasteiger partial charge in [0.05, 0.1) is 13.5 Å². The third kappa shape index (κ3) is 5.48. The Labute approximate surface area is 125 Å². The Morgan fingerprint density at radius 3 is 2.55 bits per heavy atom. The van der Waals surface area contributed by atoms with E-state index in [9.17, 15) is 9.59 Å². The van der Waals surface area contributed by atoms with Gasteiger partial charge >= 0.3 is 12.0 Å². The van der Waals surface area contributed by atoms with Crippen LogP contribution in [-0.4, -0.2) is 29.8 Å². The summed E-state index contributed by atoms with van der Waals surface area (Å²) in [5.41, 5.74) is -0.300. The third-order valence-electron chi connectivity index (χ3n) is 2.41. The molecule has 1 aromatic rings. The SMILES string of the molecule is COc1cc(Br)cc(NC(=O)NC(C)(C)CC(=O)O)c1. The summed E-state index contributed by atoms with van der Waals surface area (Å²) in [5, 5.41) is 14.0. The van der Waals surface area contributed by atoms with Crippen LogP contribution in [0.4, 0.5) is 10.5 Å². The lowest BCUT2D eigenvalue weighted by Gasteiger charge is -2.24. The highest BCUT2D eigenvalue weighted by Crippen LogP contribution is 2.24. The lowest BCUT2D eigenvalue weighted by molar-refractivity contribution is -0.138. The summed E-state index contributed by atoms with van der Waals surface area (Å²) in [6, 6.07) is 4.66. The maximum Gasteiger partial charge on any atom is 0.319 e. The number of rotatable bonds is 5. The number of nitrogens with one attached hydrogen (secondary N) is 2. The van der Waals surface area contributed by atoms with Crippen LogP contribution in [0.3, 0.4) is 0 Å². The number of carbonyl (C=O) groups excluding carboxylic acids is 1. The fourth-order valence-corrected chi connectivity index (χ4v) is 2.12. The van der Waals surface area contributed by atoms with Gasteiger partial charge in [-0.25, -0.2) is 4.79 Å². The Morgan fingerprint density at radius 1 is 1.35 bits per heavy atom. The van der Waals surface area contributed by atoms with Crippen molar-refractivity contribution < 1.29 is 19.4 Å². The smallest absolute Gasteiger partial charge is 0.319 e. The lowest BCUT2D eigenvalue weighted by atomic mass is 10.0. The van der Waals surface area contributed by atoms with Crippen molar-refractivity contribution in [3.63, 3.8) is 0 Å². The van der Waals surface area contributed by atoms with Gasteiger partial charge in [0.2, 0.25) is 0 Å². The third-order valence-corrected chi connectivity index (χ3v) is 2.87. The zero-order valence-electron chi connectivity index (χ0n) is 11.5. The Hall–Kier alpha value is -1.76. The molecule has 7 heteroatoms. The average molecular weight is 345 g/mol. The predicted octanol–water partition coefficient (Wildman–Crippen LogP) is 2.83. The summed E-state index contributed by atoms with van der Waals surface area (Å²) in [5.74, 6) is -0.376. The molecular formula is C13H17BrN2O4. The molecule has 6 nitrogen and oxygen atoms in total. The first-order chi connectivity index (χ1) is 9.21. The molecule has 0 saturated carbocycles. The number of benzene rings is 1. The van der Waals surface area contributed by atoms with Crippen LogP contribution >= 0.6 is 15.9 Å². The van der Waals surface area contributed by atoms with Crippen LogP contribution in [-0.2, 0) is 4.79 Å². The minimum atomic E-state index is -0.973. The number of carbonyl (C=O) groups is 2. The molecule has 2 amide bonds. The van der Waals surface area contributed by atoms with E-state index in [2.05, 4.69) is 26.6 Å². The van der Waals surface area contributed by atoms with E-state index in [0.717, 1.165) is 4.47 Å². The molecule has 1 rings (SSSR count). The molecule has 0 radical (unpaired) electrons. The Kier molecular flexibility index (Phi) is 5.38. The minimum absolute atomic E-state index is 0.164. The van der Waals surface area contributed by atoms with E-state index >= 15 is 0 Å². The fourth-order valence-electron chi connectivity index (χ4n) is 1.64. The first-order valence-corrected chi connectivity index (χ1v) is 6.67. The number of urea groups is 1. The van der Waals surface area contributed by atoms with Gasteiger partial charge in [-0.05, 0) is 26.0 Å². The molecule has 0 aliphatic heterocycles. The molecule has 0 unspecified atom stereocenters. The Balaban J connectivity index is 2.71. The van der Waals surface area contributed by atoms with Gasteiger partial charge < -0.3 is 20.5 Å². The van der Waals surface area contributed by atoms with E-state index in [1.165, 1.54) is 7.11 Å². The minimum Gasteiger partial charge on any atom is -0.497 e. The zero-order chi connectivity index (χ0) is 15.3. The fraction of sp³-hybridized carbons (Fsp3) is 0.385. The molecule has 0 aromatic heterocycles. The second kappa shape index (κ2) is 6.60. The van der Waals surface area contributed by atoms with Gasteiger partial charge in [-0.1, -0.05) is 15.9 Å². The quantitative estimate of drug-likeness (QED) is 0.766. The number of hydrogen-bond acceptors (Lipinski definition) is 3. The highest BCUT2D eigenvalue weighted by molar-refractivity contribution is 9.10. The van der Waals surface area contributed by atoms with Crippen molar-refractivity contribution in [1.82, 2.24) is 5.32 Å². The highest BCUT2D eigenvalue weighted by atomic mass is 79.9.